The molecule has 0 saturated carbocycles. The van der Waals surface area contributed by atoms with Gasteiger partial charge in [0.2, 0.25) is 20.0 Å². The summed E-state index contributed by atoms with van der Waals surface area (Å²) in [5.74, 6) is 0. The highest BCUT2D eigenvalue weighted by atomic mass is 35.5. The maximum Gasteiger partial charge on any atom is 0.246 e. The molecule has 0 bridgehead atoms. The molecule has 1 saturated heterocycles. The molecule has 2 aromatic rings. The van der Waals surface area contributed by atoms with E-state index in [4.69, 9.17) is 11.6 Å². The molecule has 1 unspecified atom stereocenters. The zero-order valence-corrected chi connectivity index (χ0v) is 17.4. The lowest BCUT2D eigenvalue weighted by molar-refractivity contribution is 0.303. The van der Waals surface area contributed by atoms with Crippen molar-refractivity contribution in [2.24, 2.45) is 0 Å². The number of rotatable bonds is 5. The predicted molar refractivity (Wildman–Crippen MR) is 103 cm³/mol. The number of nitrogens with one attached hydrogen (secondary N) is 1. The van der Waals surface area contributed by atoms with Crippen molar-refractivity contribution in [2.75, 3.05) is 19.3 Å². The molecule has 1 aliphatic heterocycles. The minimum Gasteiger partial charge on any atom is -0.237 e. The maximum atomic E-state index is 13.1. The molecule has 0 spiro atoms. The first-order chi connectivity index (χ1) is 12.6. The molecule has 11 heteroatoms. The normalized spacial score (nSPS) is 19.3. The van der Waals surface area contributed by atoms with Gasteiger partial charge in [0, 0.05) is 24.2 Å². The summed E-state index contributed by atoms with van der Waals surface area (Å²) in [5.41, 5.74) is 1.18. The average Bonchev–Trinajstić information content (AvgIpc) is 2.96. The van der Waals surface area contributed by atoms with Crippen LogP contribution in [0.25, 0.3) is 5.69 Å². The van der Waals surface area contributed by atoms with Gasteiger partial charge in [-0.25, -0.2) is 26.2 Å². The van der Waals surface area contributed by atoms with Crippen LogP contribution in [0.4, 0.5) is 0 Å². The monoisotopic (exact) mass is 432 g/mol. The van der Waals surface area contributed by atoms with E-state index in [2.05, 4.69) is 9.82 Å². The molecule has 2 heterocycles. The number of halogens is 1. The molecule has 0 radical (unpaired) electrons. The molecular formula is C16H21ClN4O4S2. The third-order valence-corrected chi connectivity index (χ3v) is 7.40. The van der Waals surface area contributed by atoms with Crippen molar-refractivity contribution in [3.05, 3.63) is 41.2 Å². The van der Waals surface area contributed by atoms with Gasteiger partial charge in [-0.15, -0.1) is 0 Å². The number of piperidine rings is 1. The summed E-state index contributed by atoms with van der Waals surface area (Å²) in [6.07, 6.45) is 3.58. The van der Waals surface area contributed by atoms with E-state index in [9.17, 15) is 16.8 Å². The van der Waals surface area contributed by atoms with Crippen LogP contribution >= 0.6 is 11.6 Å². The molecular weight excluding hydrogens is 412 g/mol. The average molecular weight is 433 g/mol. The number of nitrogens with zero attached hydrogens (tertiary/aromatic N) is 3. The minimum absolute atomic E-state index is 0.0982. The Morgan fingerprint density at radius 1 is 1.19 bits per heavy atom. The lowest BCUT2D eigenvalue weighted by Crippen LogP contribution is -2.49. The molecule has 1 aromatic heterocycles. The molecule has 8 nitrogen and oxygen atoms in total. The smallest absolute Gasteiger partial charge is 0.237 e. The van der Waals surface area contributed by atoms with Crippen LogP contribution in [0.3, 0.4) is 0 Å². The molecule has 0 aliphatic carbocycles. The van der Waals surface area contributed by atoms with Gasteiger partial charge >= 0.3 is 0 Å². The van der Waals surface area contributed by atoms with Crippen molar-refractivity contribution < 1.29 is 16.8 Å². The Bertz CT molecular complexity index is 1030. The largest absolute Gasteiger partial charge is 0.246 e. The molecule has 3 rings (SSSR count). The van der Waals surface area contributed by atoms with Gasteiger partial charge in [0.25, 0.3) is 0 Å². The van der Waals surface area contributed by atoms with Gasteiger partial charge in [0.1, 0.15) is 4.90 Å². The minimum atomic E-state index is -3.79. The molecule has 1 atom stereocenters. The predicted octanol–water partition coefficient (Wildman–Crippen LogP) is 1.54. The summed E-state index contributed by atoms with van der Waals surface area (Å²) in [6.45, 7) is 2.13. The van der Waals surface area contributed by atoms with Crippen LogP contribution < -0.4 is 4.72 Å². The summed E-state index contributed by atoms with van der Waals surface area (Å²) in [5, 5.41) is 4.79. The second-order valence-electron chi connectivity index (χ2n) is 6.57. The summed E-state index contributed by atoms with van der Waals surface area (Å²) >= 11 is 5.90. The number of hydrogen-bond acceptors (Lipinski definition) is 5. The third-order valence-electron chi connectivity index (χ3n) is 4.42. The van der Waals surface area contributed by atoms with Crippen LogP contribution in [0.15, 0.2) is 35.4 Å². The summed E-state index contributed by atoms with van der Waals surface area (Å²) < 4.78 is 54.5. The van der Waals surface area contributed by atoms with Gasteiger partial charge in [-0.1, -0.05) is 11.6 Å². The Morgan fingerprint density at radius 3 is 2.48 bits per heavy atom. The van der Waals surface area contributed by atoms with E-state index in [0.717, 1.165) is 6.26 Å². The van der Waals surface area contributed by atoms with Crippen LogP contribution in [-0.4, -0.2) is 56.3 Å². The summed E-state index contributed by atoms with van der Waals surface area (Å²) in [6, 6.07) is 6.49. The Hall–Kier alpha value is -1.46. The van der Waals surface area contributed by atoms with Gasteiger partial charge in [0.15, 0.2) is 0 Å². The van der Waals surface area contributed by atoms with Crippen molar-refractivity contribution in [2.45, 2.75) is 30.7 Å². The first kappa shape index (κ1) is 20.3. The van der Waals surface area contributed by atoms with Gasteiger partial charge in [0.05, 0.1) is 23.8 Å². The van der Waals surface area contributed by atoms with Crippen molar-refractivity contribution in [3.8, 4) is 5.69 Å². The van der Waals surface area contributed by atoms with E-state index in [1.807, 2.05) is 0 Å². The number of benzene rings is 1. The number of sulfonamides is 2. The second kappa shape index (κ2) is 7.51. The molecule has 148 valence electrons. The van der Waals surface area contributed by atoms with E-state index in [1.165, 1.54) is 10.5 Å². The van der Waals surface area contributed by atoms with E-state index >= 15 is 0 Å². The Balaban J connectivity index is 1.88. The number of aromatic nitrogens is 2. The maximum absolute atomic E-state index is 13.1. The third kappa shape index (κ3) is 4.52. The van der Waals surface area contributed by atoms with Gasteiger partial charge in [-0.05, 0) is 44.0 Å². The molecule has 1 aliphatic rings. The van der Waals surface area contributed by atoms with Crippen LogP contribution in [0.2, 0.25) is 5.02 Å². The fourth-order valence-corrected chi connectivity index (χ4v) is 5.78. The zero-order valence-electron chi connectivity index (χ0n) is 15.0. The van der Waals surface area contributed by atoms with Crippen molar-refractivity contribution >= 4 is 31.6 Å². The Morgan fingerprint density at radius 2 is 1.85 bits per heavy atom. The summed E-state index contributed by atoms with van der Waals surface area (Å²) in [4.78, 5) is 0.109. The van der Waals surface area contributed by atoms with E-state index < -0.39 is 26.1 Å². The van der Waals surface area contributed by atoms with E-state index in [1.54, 1.807) is 35.9 Å². The number of hydrogen-bond donors (Lipinski definition) is 1. The Kier molecular flexibility index (Phi) is 5.64. The lowest BCUT2D eigenvalue weighted by atomic mass is 10.1. The molecule has 27 heavy (non-hydrogen) atoms. The first-order valence-electron chi connectivity index (χ1n) is 8.36. The topological polar surface area (TPSA) is 101 Å². The van der Waals surface area contributed by atoms with Gasteiger partial charge in [-0.3, -0.25) is 0 Å². The van der Waals surface area contributed by atoms with Crippen LogP contribution in [0.1, 0.15) is 18.5 Å². The first-order valence-corrected chi connectivity index (χ1v) is 12.1. The van der Waals surface area contributed by atoms with Crippen LogP contribution in [0, 0.1) is 6.92 Å². The molecule has 0 amide bonds. The van der Waals surface area contributed by atoms with E-state index in [0.29, 0.717) is 35.8 Å². The van der Waals surface area contributed by atoms with Crippen molar-refractivity contribution in [3.63, 3.8) is 0 Å². The fraction of sp³-hybridized carbons (Fsp3) is 0.438. The quantitative estimate of drug-likeness (QED) is 0.772. The van der Waals surface area contributed by atoms with Crippen molar-refractivity contribution in [1.29, 1.82) is 0 Å². The fourth-order valence-electron chi connectivity index (χ4n) is 3.19. The van der Waals surface area contributed by atoms with Crippen LogP contribution in [0.5, 0.6) is 0 Å². The highest BCUT2D eigenvalue weighted by Crippen LogP contribution is 2.25. The van der Waals surface area contributed by atoms with Crippen molar-refractivity contribution in [1.82, 2.24) is 18.8 Å². The van der Waals surface area contributed by atoms with Gasteiger partial charge in [-0.2, -0.15) is 9.40 Å². The van der Waals surface area contributed by atoms with Crippen LogP contribution in [-0.2, 0) is 20.0 Å². The Labute approximate surface area is 164 Å². The highest BCUT2D eigenvalue weighted by Gasteiger charge is 2.33. The SMILES string of the molecule is Cc1c(S(=O)(=O)N2CCCC(NS(C)(=O)=O)C2)cnn1-c1ccc(Cl)cc1. The lowest BCUT2D eigenvalue weighted by Gasteiger charge is -2.31. The molecule has 1 fully saturated rings. The van der Waals surface area contributed by atoms with E-state index in [-0.39, 0.29) is 11.4 Å². The second-order valence-corrected chi connectivity index (χ2v) is 10.7. The summed E-state index contributed by atoms with van der Waals surface area (Å²) in [7, 11) is -7.19. The molecule has 1 aromatic carbocycles. The molecule has 1 N–H and O–H groups in total. The highest BCUT2D eigenvalue weighted by molar-refractivity contribution is 7.89. The van der Waals surface area contributed by atoms with Gasteiger partial charge < -0.3 is 0 Å². The standard InChI is InChI=1S/C16H21ClN4O4S2/c1-12-16(10-18-21(12)15-7-5-13(17)6-8-15)27(24,25)20-9-3-4-14(11-20)19-26(2,22)23/h5-8,10,14,19H,3-4,9,11H2,1-2H3. The zero-order chi connectivity index (χ0) is 19.8.